The Balaban J connectivity index is 1.52. The molecule has 1 N–H and O–H groups in total. The number of nitriles is 1. The lowest BCUT2D eigenvalue weighted by molar-refractivity contribution is -0.0208. The third kappa shape index (κ3) is 2.63. The smallest absolute Gasteiger partial charge is 0.141 e. The molecule has 1 aliphatic carbocycles. The number of hydrogen-bond donors (Lipinski definition) is 1. The van der Waals surface area contributed by atoms with Crippen LogP contribution in [0.4, 0.5) is 4.39 Å². The van der Waals surface area contributed by atoms with Crippen LogP contribution >= 0.6 is 0 Å². The summed E-state index contributed by atoms with van der Waals surface area (Å²) in [6, 6.07) is 14.7. The zero-order valence-corrected chi connectivity index (χ0v) is 14.7. The van der Waals surface area contributed by atoms with Crippen LogP contribution in [-0.2, 0) is 6.54 Å². The Morgan fingerprint density at radius 3 is 2.62 bits per heavy atom. The van der Waals surface area contributed by atoms with Gasteiger partial charge in [-0.25, -0.2) is 4.39 Å². The molecular formula is C22H22FN3. The van der Waals surface area contributed by atoms with E-state index in [2.05, 4.69) is 28.4 Å². The third-order valence-corrected chi connectivity index (χ3v) is 6.18. The molecule has 0 radical (unpaired) electrons. The van der Waals surface area contributed by atoms with Crippen molar-refractivity contribution >= 4 is 0 Å². The summed E-state index contributed by atoms with van der Waals surface area (Å²) in [7, 11) is 0. The quantitative estimate of drug-likeness (QED) is 0.915. The number of halogens is 1. The summed E-state index contributed by atoms with van der Waals surface area (Å²) >= 11 is 0. The predicted octanol–water partition coefficient (Wildman–Crippen LogP) is 3.79. The van der Waals surface area contributed by atoms with Crippen LogP contribution in [0, 0.1) is 17.1 Å². The van der Waals surface area contributed by atoms with E-state index in [1.54, 1.807) is 6.07 Å². The van der Waals surface area contributed by atoms with Gasteiger partial charge in [-0.05, 0) is 59.6 Å². The SMILES string of the molecule is N#Cc1ccc(-c2cccc(CN3C4CNCC3C4)c2C2CC2)cc1F. The molecule has 0 aromatic heterocycles. The standard InChI is InChI=1S/C22H22FN3/c23-21-8-15(6-7-16(21)10-24)20-3-1-2-17(22(20)14-4-5-14)13-26-18-9-19(26)12-25-11-18/h1-3,6-8,14,18-19,25H,4-5,9,11-13H2. The maximum Gasteiger partial charge on any atom is 0.141 e. The molecule has 5 rings (SSSR count). The van der Waals surface area contributed by atoms with E-state index in [4.69, 9.17) is 5.26 Å². The molecule has 2 heterocycles. The molecule has 2 unspecified atom stereocenters. The van der Waals surface area contributed by atoms with Crippen molar-refractivity contribution in [3.05, 3.63) is 58.9 Å². The fraction of sp³-hybridized carbons (Fsp3) is 0.409. The average Bonchev–Trinajstić information content (AvgIpc) is 3.51. The first kappa shape index (κ1) is 16.0. The molecule has 2 bridgehead atoms. The summed E-state index contributed by atoms with van der Waals surface area (Å²) < 4.78 is 14.2. The van der Waals surface area contributed by atoms with Crippen molar-refractivity contribution in [2.24, 2.45) is 0 Å². The summed E-state index contributed by atoms with van der Waals surface area (Å²) in [6.45, 7) is 3.18. The molecule has 3 aliphatic rings. The first-order valence-electron chi connectivity index (χ1n) is 9.53. The maximum atomic E-state index is 14.2. The molecule has 2 aromatic carbocycles. The average molecular weight is 347 g/mol. The molecule has 2 aliphatic heterocycles. The second-order valence-electron chi connectivity index (χ2n) is 7.83. The van der Waals surface area contributed by atoms with Crippen LogP contribution < -0.4 is 5.32 Å². The van der Waals surface area contributed by atoms with Crippen molar-refractivity contribution < 1.29 is 4.39 Å². The van der Waals surface area contributed by atoms with Gasteiger partial charge in [-0.2, -0.15) is 5.26 Å². The van der Waals surface area contributed by atoms with Crippen molar-refractivity contribution in [2.75, 3.05) is 13.1 Å². The van der Waals surface area contributed by atoms with E-state index >= 15 is 0 Å². The van der Waals surface area contributed by atoms with Crippen molar-refractivity contribution in [1.82, 2.24) is 10.2 Å². The minimum absolute atomic E-state index is 0.110. The minimum atomic E-state index is -0.430. The molecule has 0 spiro atoms. The number of nitrogens with zero attached hydrogens (tertiary/aromatic N) is 2. The first-order valence-corrected chi connectivity index (χ1v) is 9.53. The molecule has 132 valence electrons. The highest BCUT2D eigenvalue weighted by atomic mass is 19.1. The normalized spacial score (nSPS) is 24.8. The second-order valence-corrected chi connectivity index (χ2v) is 7.83. The number of rotatable bonds is 4. The molecular weight excluding hydrogens is 325 g/mol. The molecule has 2 aromatic rings. The van der Waals surface area contributed by atoms with Gasteiger partial charge in [0.15, 0.2) is 0 Å². The van der Waals surface area contributed by atoms with E-state index in [0.29, 0.717) is 18.0 Å². The van der Waals surface area contributed by atoms with Gasteiger partial charge in [0.05, 0.1) is 5.56 Å². The molecule has 4 heteroatoms. The van der Waals surface area contributed by atoms with E-state index in [-0.39, 0.29) is 5.56 Å². The highest BCUT2D eigenvalue weighted by molar-refractivity contribution is 5.71. The van der Waals surface area contributed by atoms with Crippen molar-refractivity contribution in [3.8, 4) is 17.2 Å². The highest BCUT2D eigenvalue weighted by Gasteiger charge is 2.41. The lowest BCUT2D eigenvalue weighted by Crippen LogP contribution is -2.67. The Morgan fingerprint density at radius 2 is 1.96 bits per heavy atom. The lowest BCUT2D eigenvalue weighted by Gasteiger charge is -2.53. The molecule has 2 saturated heterocycles. The Morgan fingerprint density at radius 1 is 1.15 bits per heavy atom. The molecule has 0 amide bonds. The molecule has 3 nitrogen and oxygen atoms in total. The van der Waals surface area contributed by atoms with Gasteiger partial charge in [0.25, 0.3) is 0 Å². The number of fused-ring (bicyclic) bond motifs is 2. The van der Waals surface area contributed by atoms with E-state index in [1.807, 2.05) is 12.1 Å². The van der Waals surface area contributed by atoms with E-state index in [0.717, 1.165) is 30.8 Å². The zero-order chi connectivity index (χ0) is 17.7. The maximum absolute atomic E-state index is 14.2. The minimum Gasteiger partial charge on any atom is -0.314 e. The number of hydrogen-bond acceptors (Lipinski definition) is 3. The predicted molar refractivity (Wildman–Crippen MR) is 99.1 cm³/mol. The summed E-state index contributed by atoms with van der Waals surface area (Å²) in [5, 5.41) is 12.5. The number of piperidine rings is 1. The number of piperazine rings is 1. The van der Waals surface area contributed by atoms with Crippen molar-refractivity contribution in [3.63, 3.8) is 0 Å². The van der Waals surface area contributed by atoms with Crippen LogP contribution in [0.25, 0.3) is 11.1 Å². The van der Waals surface area contributed by atoms with Gasteiger partial charge in [0, 0.05) is 31.7 Å². The Bertz CT molecular complexity index is 883. The van der Waals surface area contributed by atoms with Crippen LogP contribution in [0.5, 0.6) is 0 Å². The molecule has 3 fully saturated rings. The fourth-order valence-corrected chi connectivity index (χ4v) is 4.65. The molecule has 26 heavy (non-hydrogen) atoms. The number of benzene rings is 2. The van der Waals surface area contributed by atoms with Gasteiger partial charge < -0.3 is 5.32 Å². The zero-order valence-electron chi connectivity index (χ0n) is 14.7. The van der Waals surface area contributed by atoms with Crippen LogP contribution in [0.15, 0.2) is 36.4 Å². The topological polar surface area (TPSA) is 39.1 Å². The third-order valence-electron chi connectivity index (χ3n) is 6.18. The molecule has 1 saturated carbocycles. The van der Waals surface area contributed by atoms with Crippen molar-refractivity contribution in [2.45, 2.75) is 43.8 Å². The second kappa shape index (κ2) is 6.19. The van der Waals surface area contributed by atoms with Gasteiger partial charge in [-0.15, -0.1) is 0 Å². The summed E-state index contributed by atoms with van der Waals surface area (Å²) in [5.41, 5.74) is 4.92. The van der Waals surface area contributed by atoms with E-state index in [1.165, 1.54) is 36.5 Å². The summed E-state index contributed by atoms with van der Waals surface area (Å²) in [4.78, 5) is 2.63. The van der Waals surface area contributed by atoms with Gasteiger partial charge in [0.2, 0.25) is 0 Å². The first-order chi connectivity index (χ1) is 12.7. The van der Waals surface area contributed by atoms with Crippen LogP contribution in [0.1, 0.15) is 41.9 Å². The van der Waals surface area contributed by atoms with Crippen molar-refractivity contribution in [1.29, 1.82) is 5.26 Å². The Labute approximate surface area is 153 Å². The van der Waals surface area contributed by atoms with E-state index in [9.17, 15) is 4.39 Å². The Kier molecular flexibility index (Phi) is 3.81. The molecule has 2 atom stereocenters. The largest absolute Gasteiger partial charge is 0.314 e. The van der Waals surface area contributed by atoms with Crippen LogP contribution in [0.2, 0.25) is 0 Å². The lowest BCUT2D eigenvalue weighted by atomic mass is 9.86. The fourth-order valence-electron chi connectivity index (χ4n) is 4.65. The summed E-state index contributed by atoms with van der Waals surface area (Å²) in [5.74, 6) is 0.166. The van der Waals surface area contributed by atoms with E-state index < -0.39 is 5.82 Å². The summed E-state index contributed by atoms with van der Waals surface area (Å²) in [6.07, 6.45) is 3.75. The van der Waals surface area contributed by atoms with Gasteiger partial charge >= 0.3 is 0 Å². The number of nitrogens with one attached hydrogen (secondary N) is 1. The van der Waals surface area contributed by atoms with Crippen LogP contribution in [-0.4, -0.2) is 30.1 Å². The van der Waals surface area contributed by atoms with Crippen LogP contribution in [0.3, 0.4) is 0 Å². The van der Waals surface area contributed by atoms with Gasteiger partial charge in [-0.1, -0.05) is 24.3 Å². The van der Waals surface area contributed by atoms with Gasteiger partial charge in [0.1, 0.15) is 11.9 Å². The highest BCUT2D eigenvalue weighted by Crippen LogP contribution is 2.47. The van der Waals surface area contributed by atoms with Gasteiger partial charge in [-0.3, -0.25) is 4.90 Å². The monoisotopic (exact) mass is 347 g/mol. The Hall–Kier alpha value is -2.22.